The highest BCUT2D eigenvalue weighted by Gasteiger charge is 2.59. The number of benzene rings is 2. The van der Waals surface area contributed by atoms with Crippen LogP contribution in [0.15, 0.2) is 42.5 Å². The maximum Gasteiger partial charge on any atom is 0.439 e. The zero-order valence-corrected chi connectivity index (χ0v) is 17.2. The minimum absolute atomic E-state index is 0.0801. The van der Waals surface area contributed by atoms with Crippen molar-refractivity contribution in [3.05, 3.63) is 59.7 Å². The first-order chi connectivity index (χ1) is 15.3. The van der Waals surface area contributed by atoms with Crippen LogP contribution >= 0.6 is 11.6 Å². The maximum atomic E-state index is 13.7. The zero-order valence-electron chi connectivity index (χ0n) is 16.4. The van der Waals surface area contributed by atoms with E-state index in [4.69, 9.17) is 16.3 Å². The van der Waals surface area contributed by atoms with Gasteiger partial charge in [0.05, 0.1) is 6.61 Å². The molecule has 2 unspecified atom stereocenters. The second-order valence-corrected chi connectivity index (χ2v) is 6.91. The number of alkyl halides is 7. The lowest BCUT2D eigenvalue weighted by atomic mass is 10.1. The predicted octanol–water partition coefficient (Wildman–Crippen LogP) is 5.64. The second kappa shape index (κ2) is 10.9. The van der Waals surface area contributed by atoms with Gasteiger partial charge in [0.15, 0.2) is 0 Å². The van der Waals surface area contributed by atoms with Crippen LogP contribution in [-0.4, -0.2) is 42.9 Å². The number of halogens is 9. The van der Waals surface area contributed by atoms with Gasteiger partial charge in [-0.15, -0.1) is 11.6 Å². The van der Waals surface area contributed by atoms with Gasteiger partial charge in [0.25, 0.3) is 12.1 Å². The van der Waals surface area contributed by atoms with Gasteiger partial charge in [0.2, 0.25) is 0 Å². The minimum atomic E-state index is -5.81. The Morgan fingerprint density at radius 3 is 2.03 bits per heavy atom. The molecule has 0 saturated carbocycles. The molecule has 0 aliphatic rings. The fourth-order valence-corrected chi connectivity index (χ4v) is 2.71. The van der Waals surface area contributed by atoms with Crippen molar-refractivity contribution in [2.45, 2.75) is 30.9 Å². The fraction of sp³-hybridized carbons (Fsp3) is 0.350. The number of hydrogen-bond donors (Lipinski definition) is 1. The molecule has 2 atom stereocenters. The molecule has 0 radical (unpaired) electrons. The number of amides is 1. The molecule has 0 heterocycles. The van der Waals surface area contributed by atoms with Crippen LogP contribution in [0.5, 0.6) is 11.5 Å². The molecule has 0 bridgehead atoms. The molecule has 2 aromatic rings. The highest BCUT2D eigenvalue weighted by molar-refractivity contribution is 6.18. The van der Waals surface area contributed by atoms with Crippen molar-refractivity contribution >= 4 is 17.5 Å². The Morgan fingerprint density at radius 2 is 1.52 bits per heavy atom. The van der Waals surface area contributed by atoms with E-state index in [-0.39, 0.29) is 24.7 Å². The molecule has 0 aliphatic carbocycles. The maximum absolute atomic E-state index is 13.7. The first-order valence-electron chi connectivity index (χ1n) is 9.16. The van der Waals surface area contributed by atoms with E-state index in [0.717, 1.165) is 42.5 Å². The van der Waals surface area contributed by atoms with E-state index in [1.807, 2.05) is 0 Å². The number of nitrogens with one attached hydrogen (secondary N) is 1. The Kier molecular flexibility index (Phi) is 8.76. The molecule has 1 amide bonds. The quantitative estimate of drug-likeness (QED) is 0.336. The molecule has 2 rings (SSSR count). The third-order valence-corrected chi connectivity index (χ3v) is 4.48. The van der Waals surface area contributed by atoms with Crippen LogP contribution in [0, 0.1) is 11.6 Å². The second-order valence-electron chi connectivity index (χ2n) is 6.60. The van der Waals surface area contributed by atoms with Crippen molar-refractivity contribution in [2.24, 2.45) is 0 Å². The Bertz CT molecular complexity index is 920. The normalized spacial score (nSPS) is 13.8. The molecule has 33 heavy (non-hydrogen) atoms. The van der Waals surface area contributed by atoms with Crippen molar-refractivity contribution in [1.82, 2.24) is 5.32 Å². The van der Waals surface area contributed by atoms with E-state index < -0.39 is 53.4 Å². The first-order valence-corrected chi connectivity index (χ1v) is 9.70. The van der Waals surface area contributed by atoms with Crippen LogP contribution in [0.1, 0.15) is 16.8 Å². The Labute approximate surface area is 187 Å². The van der Waals surface area contributed by atoms with Crippen LogP contribution in [0.25, 0.3) is 0 Å². The smallest absolute Gasteiger partial charge is 0.439 e. The van der Waals surface area contributed by atoms with Crippen LogP contribution in [-0.2, 0) is 0 Å². The van der Waals surface area contributed by atoms with Crippen LogP contribution < -0.4 is 14.8 Å². The lowest BCUT2D eigenvalue weighted by molar-refractivity contribution is -0.304. The largest absolute Gasteiger partial charge is 0.494 e. The molecule has 0 aliphatic heterocycles. The Hall–Kier alpha value is -2.76. The summed E-state index contributed by atoms with van der Waals surface area (Å²) in [5, 5.41) is 2.35. The van der Waals surface area contributed by atoms with Crippen molar-refractivity contribution in [3.8, 4) is 11.5 Å². The van der Waals surface area contributed by atoms with Crippen LogP contribution in [0.4, 0.5) is 35.1 Å². The fourth-order valence-electron chi connectivity index (χ4n) is 2.48. The zero-order chi connectivity index (χ0) is 24.8. The summed E-state index contributed by atoms with van der Waals surface area (Å²) in [7, 11) is 0. The summed E-state index contributed by atoms with van der Waals surface area (Å²) in [4.78, 5) is 12.1. The standard InChI is InChI=1S/C20H16ClF8NO3/c21-10-11(30-17(31)16-14(22)2-1-3-15(16)23)8-9-32-12-4-6-13(7-5-12)33-20(28,29)18(24)19(25,26)27/h1-7,11,18H,8-10H2,(H,30,31). The van der Waals surface area contributed by atoms with Gasteiger partial charge in [0.1, 0.15) is 28.7 Å². The summed E-state index contributed by atoms with van der Waals surface area (Å²) in [6.07, 6.45) is -15.4. The van der Waals surface area contributed by atoms with Gasteiger partial charge in [-0.05, 0) is 36.4 Å². The first kappa shape index (κ1) is 26.5. The average molecular weight is 506 g/mol. The van der Waals surface area contributed by atoms with Crippen molar-refractivity contribution in [2.75, 3.05) is 12.5 Å². The predicted molar refractivity (Wildman–Crippen MR) is 101 cm³/mol. The molecule has 1 N–H and O–H groups in total. The van der Waals surface area contributed by atoms with E-state index in [1.54, 1.807) is 0 Å². The van der Waals surface area contributed by atoms with Crippen LogP contribution in [0.3, 0.4) is 0 Å². The van der Waals surface area contributed by atoms with E-state index in [0.29, 0.717) is 0 Å². The number of carbonyl (C=O) groups is 1. The lowest BCUT2D eigenvalue weighted by Crippen LogP contribution is -2.45. The van der Waals surface area contributed by atoms with Gasteiger partial charge in [-0.3, -0.25) is 4.79 Å². The van der Waals surface area contributed by atoms with Gasteiger partial charge in [-0.1, -0.05) is 6.07 Å². The monoisotopic (exact) mass is 505 g/mol. The average Bonchev–Trinajstić information content (AvgIpc) is 2.72. The van der Waals surface area contributed by atoms with Gasteiger partial charge < -0.3 is 14.8 Å². The van der Waals surface area contributed by atoms with E-state index >= 15 is 0 Å². The number of carbonyl (C=O) groups excluding carboxylic acids is 1. The number of hydrogen-bond acceptors (Lipinski definition) is 3. The molecular weight excluding hydrogens is 490 g/mol. The Balaban J connectivity index is 1.89. The summed E-state index contributed by atoms with van der Waals surface area (Å²) in [6, 6.07) is 6.02. The topological polar surface area (TPSA) is 47.6 Å². The van der Waals surface area contributed by atoms with E-state index in [2.05, 4.69) is 10.1 Å². The molecule has 2 aromatic carbocycles. The molecule has 0 spiro atoms. The highest BCUT2D eigenvalue weighted by atomic mass is 35.5. The van der Waals surface area contributed by atoms with E-state index in [1.165, 1.54) is 0 Å². The number of rotatable bonds is 10. The molecular formula is C20H16ClF8NO3. The molecule has 182 valence electrons. The SMILES string of the molecule is O=C(NC(CCl)CCOc1ccc(OC(F)(F)C(F)C(F)(F)F)cc1)c1c(F)cccc1F. The van der Waals surface area contributed by atoms with Crippen molar-refractivity contribution in [1.29, 1.82) is 0 Å². The van der Waals surface area contributed by atoms with Gasteiger partial charge in [-0.2, -0.15) is 22.0 Å². The van der Waals surface area contributed by atoms with Crippen LogP contribution in [0.2, 0.25) is 0 Å². The number of ether oxygens (including phenoxy) is 2. The molecule has 0 aromatic heterocycles. The third-order valence-electron chi connectivity index (χ3n) is 4.11. The summed E-state index contributed by atoms with van der Waals surface area (Å²) in [6.45, 7) is -0.0889. The summed E-state index contributed by atoms with van der Waals surface area (Å²) in [5.41, 5.74) is -0.776. The third kappa shape index (κ3) is 7.37. The highest BCUT2D eigenvalue weighted by Crippen LogP contribution is 2.36. The minimum Gasteiger partial charge on any atom is -0.494 e. The lowest BCUT2D eigenvalue weighted by Gasteiger charge is -2.23. The van der Waals surface area contributed by atoms with Crippen molar-refractivity contribution in [3.63, 3.8) is 0 Å². The summed E-state index contributed by atoms with van der Waals surface area (Å²) in [5.74, 6) is -3.92. The van der Waals surface area contributed by atoms with Gasteiger partial charge in [-0.25, -0.2) is 13.2 Å². The van der Waals surface area contributed by atoms with Gasteiger partial charge >= 0.3 is 12.3 Å². The molecule has 0 fully saturated rings. The summed E-state index contributed by atoms with van der Waals surface area (Å²) < 4.78 is 112. The van der Waals surface area contributed by atoms with E-state index in [9.17, 15) is 39.9 Å². The molecule has 4 nitrogen and oxygen atoms in total. The van der Waals surface area contributed by atoms with Crippen molar-refractivity contribution < 1.29 is 49.4 Å². The Morgan fingerprint density at radius 1 is 0.970 bits per heavy atom. The summed E-state index contributed by atoms with van der Waals surface area (Å²) >= 11 is 5.74. The molecule has 13 heteroatoms. The van der Waals surface area contributed by atoms with Gasteiger partial charge in [0, 0.05) is 18.3 Å². The molecule has 0 saturated heterocycles.